The molecule has 0 bridgehead atoms. The smallest absolute Gasteiger partial charge is 0.266 e. The lowest BCUT2D eigenvalue weighted by atomic mass is 10.7. The van der Waals surface area contributed by atoms with Crippen LogP contribution in [0.5, 0.6) is 0 Å². The molecule has 0 saturated heterocycles. The summed E-state index contributed by atoms with van der Waals surface area (Å²) in [7, 11) is 0. The monoisotopic (exact) mass is 221 g/mol. The number of hydrogen-bond donors (Lipinski definition) is 0. The Morgan fingerprint density at radius 3 is 3.00 bits per heavy atom. The summed E-state index contributed by atoms with van der Waals surface area (Å²) in [5.41, 5.74) is 0. The van der Waals surface area contributed by atoms with Gasteiger partial charge < -0.3 is 0 Å². The molecule has 74 valence electrons. The van der Waals surface area contributed by atoms with Crippen LogP contribution in [0.3, 0.4) is 0 Å². The van der Waals surface area contributed by atoms with E-state index in [-0.39, 0.29) is 10.8 Å². The Bertz CT molecular complexity index is 552. The van der Waals surface area contributed by atoms with Gasteiger partial charge in [0, 0.05) is 12.4 Å². The second-order valence-corrected chi connectivity index (χ2v) is 3.46. The Labute approximate surface area is 87.4 Å². The number of aromatic nitrogens is 3. The van der Waals surface area contributed by atoms with Gasteiger partial charge in [-0.2, -0.15) is 5.26 Å². The maximum absolute atomic E-state index is 10.4. The molecule has 2 rings (SSSR count). The molecule has 0 radical (unpaired) electrons. The van der Waals surface area contributed by atoms with Gasteiger partial charge in [-0.1, -0.05) is 0 Å². The van der Waals surface area contributed by atoms with Crippen LogP contribution < -0.4 is 0 Å². The Balaban J connectivity index is 2.47. The second kappa shape index (κ2) is 3.47. The zero-order valence-electron chi connectivity index (χ0n) is 7.19. The summed E-state index contributed by atoms with van der Waals surface area (Å²) in [5, 5.41) is 19.4. The molecule has 0 saturated carbocycles. The van der Waals surface area contributed by atoms with Gasteiger partial charge >= 0.3 is 5.00 Å². The summed E-state index contributed by atoms with van der Waals surface area (Å²) in [5.74, 6) is 0.152. The molecular weight excluding hydrogens is 218 g/mol. The number of nitrogens with zero attached hydrogens (tertiary/aromatic N) is 5. The summed E-state index contributed by atoms with van der Waals surface area (Å²) >= 11 is 0.890. The lowest BCUT2D eigenvalue weighted by molar-refractivity contribution is -0.380. The molecule has 0 aliphatic carbocycles. The number of nitriles is 1. The Morgan fingerprint density at radius 2 is 2.40 bits per heavy atom. The van der Waals surface area contributed by atoms with Crippen LogP contribution in [0, 0.1) is 21.4 Å². The summed E-state index contributed by atoms with van der Waals surface area (Å²) in [6.07, 6.45) is 4.12. The van der Waals surface area contributed by atoms with Crippen molar-refractivity contribution in [2.45, 2.75) is 0 Å². The van der Waals surface area contributed by atoms with Crippen molar-refractivity contribution in [2.75, 3.05) is 0 Å². The standard InChI is InChI=1S/C7H3N5O2S/c8-3-5-9-1-2-11(5)7-10-4-6(15-7)12(13)14/h1-2,4H. The predicted octanol–water partition coefficient (Wildman–Crippen LogP) is 1.11. The number of imidazole rings is 1. The molecule has 0 unspecified atom stereocenters. The number of rotatable bonds is 2. The van der Waals surface area contributed by atoms with Crippen molar-refractivity contribution < 1.29 is 4.92 Å². The molecule has 8 heteroatoms. The highest BCUT2D eigenvalue weighted by Crippen LogP contribution is 2.24. The lowest BCUT2D eigenvalue weighted by Crippen LogP contribution is -1.94. The first-order valence-electron chi connectivity index (χ1n) is 3.76. The third-order valence-corrected chi connectivity index (χ3v) is 2.56. The molecule has 0 aliphatic rings. The molecule has 0 fully saturated rings. The molecule has 0 atom stereocenters. The van der Waals surface area contributed by atoms with Crippen molar-refractivity contribution >= 4 is 16.3 Å². The van der Waals surface area contributed by atoms with Crippen molar-refractivity contribution in [2.24, 2.45) is 0 Å². The first-order chi connectivity index (χ1) is 7.22. The minimum Gasteiger partial charge on any atom is -0.266 e. The van der Waals surface area contributed by atoms with E-state index in [0.29, 0.717) is 5.13 Å². The van der Waals surface area contributed by atoms with Crippen LogP contribution in [0.1, 0.15) is 5.82 Å². The minimum absolute atomic E-state index is 0.0670. The van der Waals surface area contributed by atoms with Crippen LogP contribution in [0.2, 0.25) is 0 Å². The highest BCUT2D eigenvalue weighted by Gasteiger charge is 2.14. The Hall–Kier alpha value is -2.27. The van der Waals surface area contributed by atoms with Crippen molar-refractivity contribution in [1.29, 1.82) is 5.26 Å². The van der Waals surface area contributed by atoms with Crippen LogP contribution in [-0.2, 0) is 0 Å². The average Bonchev–Trinajstić information content (AvgIpc) is 2.85. The maximum atomic E-state index is 10.4. The van der Waals surface area contributed by atoms with Crippen molar-refractivity contribution in [3.63, 3.8) is 0 Å². The summed E-state index contributed by atoms with van der Waals surface area (Å²) < 4.78 is 1.40. The maximum Gasteiger partial charge on any atom is 0.345 e. The van der Waals surface area contributed by atoms with E-state index in [1.165, 1.54) is 17.0 Å². The van der Waals surface area contributed by atoms with E-state index < -0.39 is 4.92 Å². The van der Waals surface area contributed by atoms with E-state index in [9.17, 15) is 10.1 Å². The third-order valence-electron chi connectivity index (χ3n) is 1.61. The van der Waals surface area contributed by atoms with Gasteiger partial charge in [0.15, 0.2) is 0 Å². The molecule has 0 aromatic carbocycles. The Morgan fingerprint density at radius 1 is 1.60 bits per heavy atom. The highest BCUT2D eigenvalue weighted by molar-refractivity contribution is 7.17. The molecule has 2 aromatic rings. The van der Waals surface area contributed by atoms with E-state index in [1.54, 1.807) is 0 Å². The van der Waals surface area contributed by atoms with Gasteiger partial charge in [0.2, 0.25) is 11.0 Å². The SMILES string of the molecule is N#Cc1nccn1-c1ncc([N+](=O)[O-])s1. The Kier molecular flexibility index (Phi) is 2.15. The van der Waals surface area contributed by atoms with E-state index in [4.69, 9.17) is 5.26 Å². The normalized spacial score (nSPS) is 9.80. The van der Waals surface area contributed by atoms with Crippen molar-refractivity contribution in [3.05, 3.63) is 34.5 Å². The van der Waals surface area contributed by atoms with Gasteiger partial charge in [-0.15, -0.1) is 0 Å². The first-order valence-corrected chi connectivity index (χ1v) is 4.58. The van der Waals surface area contributed by atoms with Crippen LogP contribution in [0.4, 0.5) is 5.00 Å². The molecular formula is C7H3N5O2S. The molecule has 2 aromatic heterocycles. The largest absolute Gasteiger partial charge is 0.345 e. The van der Waals surface area contributed by atoms with Crippen LogP contribution in [-0.4, -0.2) is 19.5 Å². The molecule has 0 N–H and O–H groups in total. The van der Waals surface area contributed by atoms with Gasteiger partial charge in [-0.05, 0) is 11.3 Å². The number of hydrogen-bond acceptors (Lipinski definition) is 6. The fraction of sp³-hybridized carbons (Fsp3) is 0. The van der Waals surface area contributed by atoms with E-state index in [2.05, 4.69) is 9.97 Å². The topological polar surface area (TPSA) is 97.6 Å². The predicted molar refractivity (Wildman–Crippen MR) is 50.6 cm³/mol. The van der Waals surface area contributed by atoms with E-state index in [1.807, 2.05) is 6.07 Å². The molecule has 0 aliphatic heterocycles. The average molecular weight is 221 g/mol. The van der Waals surface area contributed by atoms with Gasteiger partial charge in [-0.25, -0.2) is 9.97 Å². The third kappa shape index (κ3) is 1.55. The fourth-order valence-electron chi connectivity index (χ4n) is 0.993. The van der Waals surface area contributed by atoms with Crippen LogP contribution >= 0.6 is 11.3 Å². The van der Waals surface area contributed by atoms with Crippen LogP contribution in [0.15, 0.2) is 18.6 Å². The van der Waals surface area contributed by atoms with E-state index in [0.717, 1.165) is 17.5 Å². The summed E-state index contributed by atoms with van der Waals surface area (Å²) in [6.45, 7) is 0. The first kappa shape index (κ1) is 9.29. The van der Waals surface area contributed by atoms with E-state index >= 15 is 0 Å². The fourth-order valence-corrected chi connectivity index (χ4v) is 1.71. The van der Waals surface area contributed by atoms with Crippen LogP contribution in [0.25, 0.3) is 5.13 Å². The zero-order valence-corrected chi connectivity index (χ0v) is 8.01. The van der Waals surface area contributed by atoms with Gasteiger partial charge in [0.1, 0.15) is 12.3 Å². The molecule has 7 nitrogen and oxygen atoms in total. The lowest BCUT2D eigenvalue weighted by Gasteiger charge is -1.94. The van der Waals surface area contributed by atoms with Crippen molar-refractivity contribution in [1.82, 2.24) is 14.5 Å². The van der Waals surface area contributed by atoms with Gasteiger partial charge in [0.25, 0.3) is 0 Å². The highest BCUT2D eigenvalue weighted by atomic mass is 32.1. The molecule has 0 spiro atoms. The van der Waals surface area contributed by atoms with Gasteiger partial charge in [0.05, 0.1) is 4.92 Å². The molecule has 2 heterocycles. The van der Waals surface area contributed by atoms with Gasteiger partial charge in [-0.3, -0.25) is 14.7 Å². The number of thiazole rings is 1. The minimum atomic E-state index is -0.524. The number of nitro groups is 1. The second-order valence-electron chi connectivity index (χ2n) is 2.47. The molecule has 0 amide bonds. The zero-order chi connectivity index (χ0) is 10.8. The quantitative estimate of drug-likeness (QED) is 0.558. The summed E-state index contributed by atoms with van der Waals surface area (Å²) in [4.78, 5) is 17.5. The summed E-state index contributed by atoms with van der Waals surface area (Å²) in [6, 6.07) is 1.86. The van der Waals surface area contributed by atoms with Crippen molar-refractivity contribution in [3.8, 4) is 11.2 Å². The molecule has 15 heavy (non-hydrogen) atoms.